The van der Waals surface area contributed by atoms with Gasteiger partial charge >= 0.3 is 5.97 Å². The third kappa shape index (κ3) is 3.17. The van der Waals surface area contributed by atoms with Crippen LogP contribution in [-0.2, 0) is 9.53 Å². The van der Waals surface area contributed by atoms with Crippen LogP contribution in [0.15, 0.2) is 73.1 Å². The summed E-state index contributed by atoms with van der Waals surface area (Å²) < 4.78 is 16.5. The zero-order valence-electron chi connectivity index (χ0n) is 14.1. The molecule has 1 aromatic heterocycles. The topological polar surface area (TPSA) is 78.1 Å². The van der Waals surface area contributed by atoms with Gasteiger partial charge in [-0.15, -0.1) is 0 Å². The number of esters is 1. The van der Waals surface area contributed by atoms with Crippen molar-refractivity contribution < 1.29 is 18.7 Å². The summed E-state index contributed by atoms with van der Waals surface area (Å²) in [5.74, 6) is 0.159. The Labute approximate surface area is 161 Å². The Morgan fingerprint density at radius 2 is 1.96 bits per heavy atom. The Hall–Kier alpha value is -3.19. The van der Waals surface area contributed by atoms with E-state index < -0.39 is 5.97 Å². The summed E-state index contributed by atoms with van der Waals surface area (Å²) >= 11 is 3.41. The number of fused-ring (bicyclic) bond motifs is 1. The second-order valence-corrected chi connectivity index (χ2v) is 6.55. The second kappa shape index (κ2) is 6.85. The highest BCUT2D eigenvalue weighted by Gasteiger charge is 2.26. The van der Waals surface area contributed by atoms with Gasteiger partial charge in [0.15, 0.2) is 11.1 Å². The van der Waals surface area contributed by atoms with Crippen molar-refractivity contribution in [3.05, 3.63) is 80.2 Å². The fourth-order valence-electron chi connectivity index (χ4n) is 2.66. The van der Waals surface area contributed by atoms with Crippen LogP contribution in [0.5, 0.6) is 5.75 Å². The van der Waals surface area contributed by atoms with E-state index in [9.17, 15) is 9.59 Å². The SMILES string of the molecule is COc1ccc(C2=N/C(=C\c3coc4ccccc4c3=O)C(=O)O2)c(Br)c1. The number of halogens is 1. The van der Waals surface area contributed by atoms with Crippen molar-refractivity contribution in [3.8, 4) is 5.75 Å². The van der Waals surface area contributed by atoms with Gasteiger partial charge in [0.2, 0.25) is 5.90 Å². The number of cyclic esters (lactones) is 1. The molecule has 0 atom stereocenters. The van der Waals surface area contributed by atoms with Crippen molar-refractivity contribution >= 4 is 44.8 Å². The molecular formula is C20H12BrNO5. The number of carbonyl (C=O) groups excluding carboxylic acids is 1. The third-order valence-electron chi connectivity index (χ3n) is 4.03. The van der Waals surface area contributed by atoms with Gasteiger partial charge in [0.05, 0.1) is 23.6 Å². The lowest BCUT2D eigenvalue weighted by Crippen LogP contribution is -2.07. The van der Waals surface area contributed by atoms with Gasteiger partial charge in [0.25, 0.3) is 0 Å². The molecule has 0 amide bonds. The summed E-state index contributed by atoms with van der Waals surface area (Å²) in [5, 5.41) is 0.431. The number of hydrogen-bond acceptors (Lipinski definition) is 6. The average molecular weight is 426 g/mol. The number of rotatable bonds is 3. The van der Waals surface area contributed by atoms with Crippen molar-refractivity contribution in [3.63, 3.8) is 0 Å². The van der Waals surface area contributed by atoms with Gasteiger partial charge in [-0.05, 0) is 52.3 Å². The Kier molecular flexibility index (Phi) is 4.37. The molecule has 0 saturated carbocycles. The molecule has 0 fully saturated rings. The van der Waals surface area contributed by atoms with E-state index in [1.807, 2.05) is 0 Å². The monoisotopic (exact) mass is 425 g/mol. The van der Waals surface area contributed by atoms with Crippen molar-refractivity contribution in [1.82, 2.24) is 0 Å². The van der Waals surface area contributed by atoms with Gasteiger partial charge in [0, 0.05) is 4.47 Å². The summed E-state index contributed by atoms with van der Waals surface area (Å²) in [5.41, 5.74) is 1.07. The van der Waals surface area contributed by atoms with E-state index in [2.05, 4.69) is 20.9 Å². The molecule has 0 radical (unpaired) electrons. The first-order valence-electron chi connectivity index (χ1n) is 7.94. The molecule has 27 heavy (non-hydrogen) atoms. The Morgan fingerprint density at radius 3 is 2.74 bits per heavy atom. The molecule has 3 aromatic rings. The Bertz CT molecular complexity index is 1190. The van der Waals surface area contributed by atoms with Gasteiger partial charge in [0.1, 0.15) is 17.6 Å². The van der Waals surface area contributed by atoms with Gasteiger partial charge in [-0.3, -0.25) is 4.79 Å². The third-order valence-corrected chi connectivity index (χ3v) is 4.68. The van der Waals surface area contributed by atoms with Crippen LogP contribution in [0, 0.1) is 0 Å². The molecule has 0 bridgehead atoms. The lowest BCUT2D eigenvalue weighted by molar-refractivity contribution is -0.129. The van der Waals surface area contributed by atoms with E-state index in [0.717, 1.165) is 0 Å². The Balaban J connectivity index is 1.75. The first-order valence-corrected chi connectivity index (χ1v) is 8.73. The van der Waals surface area contributed by atoms with Crippen LogP contribution in [0.25, 0.3) is 17.0 Å². The van der Waals surface area contributed by atoms with Crippen LogP contribution >= 0.6 is 15.9 Å². The van der Waals surface area contributed by atoms with Gasteiger partial charge in [-0.1, -0.05) is 12.1 Å². The lowest BCUT2D eigenvalue weighted by atomic mass is 10.1. The van der Waals surface area contributed by atoms with Gasteiger partial charge in [-0.25, -0.2) is 9.79 Å². The number of hydrogen-bond donors (Lipinski definition) is 0. The molecule has 2 heterocycles. The molecule has 0 aliphatic carbocycles. The van der Waals surface area contributed by atoms with E-state index in [1.165, 1.54) is 12.3 Å². The average Bonchev–Trinajstić information content (AvgIpc) is 3.04. The number of methoxy groups -OCH3 is 1. The molecule has 4 rings (SSSR count). The van der Waals surface area contributed by atoms with E-state index in [4.69, 9.17) is 13.9 Å². The quantitative estimate of drug-likeness (QED) is 0.469. The number of para-hydroxylation sites is 1. The van der Waals surface area contributed by atoms with E-state index in [-0.39, 0.29) is 22.6 Å². The molecule has 1 aliphatic rings. The number of nitrogens with zero attached hydrogens (tertiary/aromatic N) is 1. The fraction of sp³-hybridized carbons (Fsp3) is 0.0500. The molecule has 0 unspecified atom stereocenters. The smallest absolute Gasteiger partial charge is 0.363 e. The van der Waals surface area contributed by atoms with Crippen molar-refractivity contribution in [1.29, 1.82) is 0 Å². The highest BCUT2D eigenvalue weighted by Crippen LogP contribution is 2.27. The van der Waals surface area contributed by atoms with Crippen LogP contribution in [0.4, 0.5) is 0 Å². The fourth-order valence-corrected chi connectivity index (χ4v) is 3.19. The first-order chi connectivity index (χ1) is 13.1. The van der Waals surface area contributed by atoms with Crippen LogP contribution in [0.2, 0.25) is 0 Å². The number of aliphatic imine (C=N–C) groups is 1. The molecule has 7 heteroatoms. The van der Waals surface area contributed by atoms with Gasteiger partial charge < -0.3 is 13.9 Å². The van der Waals surface area contributed by atoms with Crippen LogP contribution < -0.4 is 10.2 Å². The molecule has 0 saturated heterocycles. The highest BCUT2D eigenvalue weighted by atomic mass is 79.9. The molecular weight excluding hydrogens is 414 g/mol. The summed E-state index contributed by atoms with van der Waals surface area (Å²) in [7, 11) is 1.56. The molecule has 0 spiro atoms. The zero-order valence-corrected chi connectivity index (χ0v) is 15.6. The van der Waals surface area contributed by atoms with E-state index in [1.54, 1.807) is 49.6 Å². The predicted octanol–water partition coefficient (Wildman–Crippen LogP) is 3.91. The van der Waals surface area contributed by atoms with Crippen molar-refractivity contribution in [2.75, 3.05) is 7.11 Å². The number of ether oxygens (including phenoxy) is 2. The largest absolute Gasteiger partial charge is 0.497 e. The van der Waals surface area contributed by atoms with Crippen molar-refractivity contribution in [2.24, 2.45) is 4.99 Å². The maximum absolute atomic E-state index is 12.6. The number of benzene rings is 2. The zero-order chi connectivity index (χ0) is 19.0. The standard InChI is InChI=1S/C20H12BrNO5/c1-25-12-6-7-13(15(21)9-12)19-22-16(20(24)27-19)8-11-10-26-17-5-3-2-4-14(17)18(11)23/h2-10H,1H3/b16-8-. The molecule has 1 aliphatic heterocycles. The minimum atomic E-state index is -0.639. The molecule has 0 N–H and O–H groups in total. The summed E-state index contributed by atoms with van der Waals surface area (Å²) in [6.45, 7) is 0. The maximum atomic E-state index is 12.6. The second-order valence-electron chi connectivity index (χ2n) is 5.70. The summed E-state index contributed by atoms with van der Waals surface area (Å²) in [4.78, 5) is 29.0. The normalized spacial score (nSPS) is 15.1. The minimum Gasteiger partial charge on any atom is -0.497 e. The summed E-state index contributed by atoms with van der Waals surface area (Å²) in [6, 6.07) is 12.1. The van der Waals surface area contributed by atoms with E-state index >= 15 is 0 Å². The molecule has 134 valence electrons. The minimum absolute atomic E-state index is 0.0234. The van der Waals surface area contributed by atoms with E-state index in [0.29, 0.717) is 26.8 Å². The van der Waals surface area contributed by atoms with Crippen LogP contribution in [-0.4, -0.2) is 19.0 Å². The van der Waals surface area contributed by atoms with Gasteiger partial charge in [-0.2, -0.15) is 0 Å². The Morgan fingerprint density at radius 1 is 1.15 bits per heavy atom. The summed E-state index contributed by atoms with van der Waals surface area (Å²) in [6.07, 6.45) is 2.67. The predicted molar refractivity (Wildman–Crippen MR) is 104 cm³/mol. The van der Waals surface area contributed by atoms with Crippen LogP contribution in [0.3, 0.4) is 0 Å². The first kappa shape index (κ1) is 17.2. The van der Waals surface area contributed by atoms with Crippen LogP contribution in [0.1, 0.15) is 11.1 Å². The molecule has 2 aromatic carbocycles. The number of carbonyl (C=O) groups is 1. The lowest BCUT2D eigenvalue weighted by Gasteiger charge is -2.05. The molecule has 6 nitrogen and oxygen atoms in total. The van der Waals surface area contributed by atoms with Crippen molar-refractivity contribution in [2.45, 2.75) is 0 Å². The maximum Gasteiger partial charge on any atom is 0.363 e. The highest BCUT2D eigenvalue weighted by molar-refractivity contribution is 9.10.